The Hall–Kier alpha value is -1.07. The van der Waals surface area contributed by atoms with Crippen LogP contribution in [0, 0.1) is 5.82 Å². The van der Waals surface area contributed by atoms with E-state index in [9.17, 15) is 13.2 Å². The van der Waals surface area contributed by atoms with Gasteiger partial charge in [-0.3, -0.25) is 0 Å². The van der Waals surface area contributed by atoms with Crippen LogP contribution in [0.5, 0.6) is 0 Å². The van der Waals surface area contributed by atoms with Gasteiger partial charge in [-0.1, -0.05) is 6.07 Å². The van der Waals surface area contributed by atoms with Gasteiger partial charge in [-0.05, 0) is 12.1 Å². The molecule has 3 N–H and O–H groups in total. The Morgan fingerprint density at radius 1 is 1.36 bits per heavy atom. The van der Waals surface area contributed by atoms with Crippen molar-refractivity contribution in [1.82, 2.24) is 0 Å². The largest absolute Gasteiger partial charge is 0.394 e. The third-order valence-corrected chi connectivity index (χ3v) is 1.87. The van der Waals surface area contributed by atoms with Gasteiger partial charge in [0.2, 0.25) is 0 Å². The van der Waals surface area contributed by atoms with Gasteiger partial charge in [0.1, 0.15) is 5.82 Å². The number of benzene rings is 1. The van der Waals surface area contributed by atoms with Crippen LogP contribution in [0.15, 0.2) is 18.2 Å². The molecule has 0 radical (unpaired) electrons. The number of halogens is 3. The van der Waals surface area contributed by atoms with Gasteiger partial charge in [0.15, 0.2) is 0 Å². The monoisotopic (exact) mass is 205 g/mol. The van der Waals surface area contributed by atoms with Gasteiger partial charge in [-0.2, -0.15) is 0 Å². The van der Waals surface area contributed by atoms with E-state index in [0.29, 0.717) is 0 Å². The van der Waals surface area contributed by atoms with E-state index < -0.39 is 24.9 Å². The number of rotatable bonds is 3. The minimum atomic E-state index is -2.67. The smallest absolute Gasteiger partial charge is 0.263 e. The van der Waals surface area contributed by atoms with Crippen molar-refractivity contribution in [3.63, 3.8) is 0 Å². The fraction of sp³-hybridized carbons (Fsp3) is 0.333. The second kappa shape index (κ2) is 4.43. The van der Waals surface area contributed by atoms with Gasteiger partial charge in [0, 0.05) is 11.1 Å². The number of aliphatic hydroxyl groups excluding tert-OH is 1. The molecular formula is C9H10F3NO. The van der Waals surface area contributed by atoms with E-state index >= 15 is 0 Å². The summed E-state index contributed by atoms with van der Waals surface area (Å²) in [4.78, 5) is 0. The highest BCUT2D eigenvalue weighted by atomic mass is 19.3. The predicted octanol–water partition coefficient (Wildman–Crippen LogP) is 1.76. The van der Waals surface area contributed by atoms with E-state index in [1.165, 1.54) is 0 Å². The molecule has 0 aliphatic rings. The summed E-state index contributed by atoms with van der Waals surface area (Å²) in [5.41, 5.74) is 4.94. The molecule has 0 fully saturated rings. The quantitative estimate of drug-likeness (QED) is 0.789. The van der Waals surface area contributed by atoms with E-state index in [-0.39, 0.29) is 11.1 Å². The molecule has 1 rings (SSSR count). The van der Waals surface area contributed by atoms with Crippen LogP contribution < -0.4 is 5.73 Å². The molecule has 0 amide bonds. The lowest BCUT2D eigenvalue weighted by Gasteiger charge is -2.11. The summed E-state index contributed by atoms with van der Waals surface area (Å²) in [6.07, 6.45) is -2.67. The lowest BCUT2D eigenvalue weighted by Crippen LogP contribution is -2.16. The van der Waals surface area contributed by atoms with Crippen molar-refractivity contribution in [2.24, 2.45) is 5.73 Å². The molecule has 1 aromatic rings. The third kappa shape index (κ3) is 2.24. The van der Waals surface area contributed by atoms with Crippen molar-refractivity contribution >= 4 is 0 Å². The van der Waals surface area contributed by atoms with Gasteiger partial charge in [-0.25, -0.2) is 13.2 Å². The van der Waals surface area contributed by atoms with Crippen LogP contribution in [0.4, 0.5) is 13.2 Å². The maximum absolute atomic E-state index is 13.0. The van der Waals surface area contributed by atoms with Crippen molar-refractivity contribution in [2.45, 2.75) is 12.5 Å². The van der Waals surface area contributed by atoms with Gasteiger partial charge < -0.3 is 10.8 Å². The highest BCUT2D eigenvalue weighted by Gasteiger charge is 2.14. The number of nitrogens with two attached hydrogens (primary N) is 1. The average molecular weight is 205 g/mol. The molecule has 1 atom stereocenters. The standard InChI is InChI=1S/C9H10F3NO/c10-7-2-1-5(9(11)12)3-6(7)8(13)4-14/h1-3,8-9,14H,4,13H2. The summed E-state index contributed by atoms with van der Waals surface area (Å²) in [5.74, 6) is -0.684. The molecule has 0 bridgehead atoms. The zero-order valence-corrected chi connectivity index (χ0v) is 7.25. The molecule has 0 aliphatic carbocycles. The second-order valence-corrected chi connectivity index (χ2v) is 2.87. The molecule has 1 aromatic carbocycles. The molecule has 0 aromatic heterocycles. The van der Waals surface area contributed by atoms with E-state index in [2.05, 4.69) is 0 Å². The maximum atomic E-state index is 13.0. The highest BCUT2D eigenvalue weighted by Crippen LogP contribution is 2.23. The molecule has 14 heavy (non-hydrogen) atoms. The first-order valence-electron chi connectivity index (χ1n) is 4.00. The fourth-order valence-electron chi connectivity index (χ4n) is 1.08. The first kappa shape index (κ1) is 11.0. The number of alkyl halides is 2. The molecule has 0 aliphatic heterocycles. The van der Waals surface area contributed by atoms with Crippen LogP contribution in [-0.2, 0) is 0 Å². The van der Waals surface area contributed by atoms with Crippen molar-refractivity contribution in [2.75, 3.05) is 6.61 Å². The summed E-state index contributed by atoms with van der Waals surface area (Å²) in [6.45, 7) is -0.483. The number of hydrogen-bond acceptors (Lipinski definition) is 2. The minimum absolute atomic E-state index is 0.0923. The van der Waals surface area contributed by atoms with Crippen molar-refractivity contribution in [3.05, 3.63) is 35.1 Å². The normalized spacial score (nSPS) is 13.3. The lowest BCUT2D eigenvalue weighted by molar-refractivity contribution is 0.151. The van der Waals surface area contributed by atoms with Crippen LogP contribution in [-0.4, -0.2) is 11.7 Å². The Morgan fingerprint density at radius 2 is 2.00 bits per heavy atom. The first-order chi connectivity index (χ1) is 6.56. The first-order valence-corrected chi connectivity index (χ1v) is 4.00. The molecule has 0 saturated carbocycles. The topological polar surface area (TPSA) is 46.2 Å². The summed E-state index contributed by atoms with van der Waals surface area (Å²) >= 11 is 0. The molecule has 0 heterocycles. The molecule has 1 unspecified atom stereocenters. The van der Waals surface area contributed by atoms with Crippen molar-refractivity contribution in [1.29, 1.82) is 0 Å². The number of aliphatic hydroxyl groups is 1. The Labute approximate surface area is 79.2 Å². The SMILES string of the molecule is NC(CO)c1cc(C(F)F)ccc1F. The Bertz CT molecular complexity index is 317. The van der Waals surface area contributed by atoms with Crippen molar-refractivity contribution < 1.29 is 18.3 Å². The van der Waals surface area contributed by atoms with Gasteiger partial charge >= 0.3 is 0 Å². The van der Waals surface area contributed by atoms with Crippen LogP contribution in [0.3, 0.4) is 0 Å². The average Bonchev–Trinajstić information content (AvgIpc) is 2.17. The van der Waals surface area contributed by atoms with E-state index in [4.69, 9.17) is 10.8 Å². The lowest BCUT2D eigenvalue weighted by atomic mass is 10.0. The summed E-state index contributed by atoms with van der Waals surface area (Å²) in [5, 5.41) is 8.66. The van der Waals surface area contributed by atoms with E-state index in [0.717, 1.165) is 18.2 Å². The molecule has 78 valence electrons. The second-order valence-electron chi connectivity index (χ2n) is 2.87. The number of hydrogen-bond donors (Lipinski definition) is 2. The molecule has 0 spiro atoms. The summed E-state index contributed by atoms with van der Waals surface area (Å²) < 4.78 is 37.5. The fourth-order valence-corrected chi connectivity index (χ4v) is 1.08. The highest BCUT2D eigenvalue weighted by molar-refractivity contribution is 5.28. The van der Waals surface area contributed by atoms with Gasteiger partial charge in [0.25, 0.3) is 6.43 Å². The molecular weight excluding hydrogens is 195 g/mol. The zero-order chi connectivity index (χ0) is 10.7. The van der Waals surface area contributed by atoms with Gasteiger partial charge in [0.05, 0.1) is 12.6 Å². The third-order valence-electron chi connectivity index (χ3n) is 1.87. The Morgan fingerprint density at radius 3 is 2.50 bits per heavy atom. The molecule has 0 saturated heterocycles. The van der Waals surface area contributed by atoms with Crippen LogP contribution in [0.2, 0.25) is 0 Å². The molecule has 2 nitrogen and oxygen atoms in total. The van der Waals surface area contributed by atoms with Crippen molar-refractivity contribution in [3.8, 4) is 0 Å². The van der Waals surface area contributed by atoms with Crippen LogP contribution in [0.25, 0.3) is 0 Å². The van der Waals surface area contributed by atoms with E-state index in [1.54, 1.807) is 0 Å². The van der Waals surface area contributed by atoms with Crippen LogP contribution >= 0.6 is 0 Å². The Balaban J connectivity index is 3.08. The van der Waals surface area contributed by atoms with Crippen LogP contribution in [0.1, 0.15) is 23.6 Å². The Kier molecular flexibility index (Phi) is 3.49. The van der Waals surface area contributed by atoms with E-state index in [1.807, 2.05) is 0 Å². The summed E-state index contributed by atoms with van der Waals surface area (Å²) in [7, 11) is 0. The zero-order valence-electron chi connectivity index (χ0n) is 7.25. The minimum Gasteiger partial charge on any atom is -0.394 e. The summed E-state index contributed by atoms with van der Waals surface area (Å²) in [6, 6.07) is 1.93. The predicted molar refractivity (Wildman–Crippen MR) is 45.4 cm³/mol. The molecule has 5 heteroatoms. The maximum Gasteiger partial charge on any atom is 0.263 e. The van der Waals surface area contributed by atoms with Gasteiger partial charge in [-0.15, -0.1) is 0 Å².